The number of nitrogens with zero attached hydrogens (tertiary/aromatic N) is 1. The van der Waals surface area contributed by atoms with Gasteiger partial charge in [0.05, 0.1) is 40.3 Å². The van der Waals surface area contributed by atoms with E-state index in [0.717, 1.165) is 83.5 Å². The van der Waals surface area contributed by atoms with E-state index in [2.05, 4.69) is 111 Å². The molecule has 0 radical (unpaired) electrons. The lowest BCUT2D eigenvalue weighted by molar-refractivity contribution is -0.870. The van der Waals surface area contributed by atoms with Crippen LogP contribution >= 0.6 is 0 Å². The topological polar surface area (TPSA) is 111 Å². The average molecular weight is 1200 g/mol. The maximum Gasteiger partial charge on any atom is 0.306 e. The normalized spacial score (nSPS) is 13.3. The molecule has 0 bridgehead atoms. The maximum absolute atomic E-state index is 12.9. The highest BCUT2D eigenvalue weighted by Gasteiger charge is 2.22. The van der Waals surface area contributed by atoms with Crippen molar-refractivity contribution in [2.24, 2.45) is 0 Å². The number of carbonyl (C=O) groups excluding carboxylic acids is 3. The number of quaternary nitrogens is 1. The van der Waals surface area contributed by atoms with Crippen LogP contribution in [0.3, 0.4) is 0 Å². The lowest BCUT2D eigenvalue weighted by atomic mass is 10.0. The Hall–Kier alpha value is -3.79. The summed E-state index contributed by atoms with van der Waals surface area (Å²) in [4.78, 5) is 37.5. The first kappa shape index (κ1) is 82.2. The fourth-order valence-corrected chi connectivity index (χ4v) is 10.1. The number of hydrogen-bond donors (Lipinski definition) is 0. The second-order valence-corrected chi connectivity index (χ2v) is 25.2. The molecule has 9 heteroatoms. The van der Waals surface area contributed by atoms with Gasteiger partial charge in [0.2, 0.25) is 0 Å². The highest BCUT2D eigenvalue weighted by atomic mass is 16.7. The van der Waals surface area contributed by atoms with Gasteiger partial charge in [-0.15, -0.1) is 0 Å². The van der Waals surface area contributed by atoms with Crippen LogP contribution in [0.2, 0.25) is 0 Å². The summed E-state index contributed by atoms with van der Waals surface area (Å²) in [7, 11) is 5.91. The van der Waals surface area contributed by atoms with Crippen molar-refractivity contribution in [2.45, 2.75) is 328 Å². The molecule has 0 aromatic carbocycles. The summed E-state index contributed by atoms with van der Waals surface area (Å²) in [6.45, 7) is 4.61. The van der Waals surface area contributed by atoms with E-state index in [1.165, 1.54) is 199 Å². The van der Waals surface area contributed by atoms with Gasteiger partial charge in [-0.1, -0.05) is 323 Å². The number of carboxylic acid groups (broad SMARTS) is 1. The van der Waals surface area contributed by atoms with E-state index in [-0.39, 0.29) is 38.6 Å². The van der Waals surface area contributed by atoms with Gasteiger partial charge in [-0.3, -0.25) is 9.59 Å². The molecule has 86 heavy (non-hydrogen) atoms. The Morgan fingerprint density at radius 2 is 0.663 bits per heavy atom. The van der Waals surface area contributed by atoms with Crippen LogP contribution in [-0.4, -0.2) is 82.3 Å². The largest absolute Gasteiger partial charge is 0.545 e. The van der Waals surface area contributed by atoms with Gasteiger partial charge in [-0.2, -0.15) is 0 Å². The quantitative estimate of drug-likeness (QED) is 0.0195. The van der Waals surface area contributed by atoms with Crippen LogP contribution in [0.25, 0.3) is 0 Å². The summed E-state index contributed by atoms with van der Waals surface area (Å²) >= 11 is 0. The predicted octanol–water partition coefficient (Wildman–Crippen LogP) is 21.1. The number of ether oxygens (including phenoxy) is 4. The van der Waals surface area contributed by atoms with Crippen molar-refractivity contribution in [3.05, 3.63) is 97.2 Å². The van der Waals surface area contributed by atoms with Gasteiger partial charge in [0.1, 0.15) is 13.2 Å². The number of rotatable bonds is 66. The van der Waals surface area contributed by atoms with Crippen LogP contribution in [0, 0.1) is 0 Å². The number of allylic oxidation sites excluding steroid dienone is 16. The van der Waals surface area contributed by atoms with Crippen LogP contribution in [0.5, 0.6) is 0 Å². The summed E-state index contributed by atoms with van der Waals surface area (Å²) in [5.74, 6) is -2.34. The van der Waals surface area contributed by atoms with Gasteiger partial charge in [-0.25, -0.2) is 0 Å². The molecule has 0 heterocycles. The molecule has 0 aromatic heterocycles. The average Bonchev–Trinajstić information content (AvgIpc) is 3.64. The summed E-state index contributed by atoms with van der Waals surface area (Å²) in [5, 5.41) is 11.8. The van der Waals surface area contributed by atoms with Crippen molar-refractivity contribution in [1.82, 2.24) is 0 Å². The fourth-order valence-electron chi connectivity index (χ4n) is 10.1. The molecule has 9 nitrogen and oxygen atoms in total. The molecule has 0 aliphatic heterocycles. The van der Waals surface area contributed by atoms with E-state index in [9.17, 15) is 19.5 Å². The zero-order chi connectivity index (χ0) is 62.6. The molecule has 2 unspecified atom stereocenters. The zero-order valence-corrected chi connectivity index (χ0v) is 56.7. The van der Waals surface area contributed by atoms with E-state index < -0.39 is 24.3 Å². The molecule has 0 rings (SSSR count). The lowest BCUT2D eigenvalue weighted by Crippen LogP contribution is -2.44. The molecule has 496 valence electrons. The van der Waals surface area contributed by atoms with Gasteiger partial charge >= 0.3 is 11.9 Å². The van der Waals surface area contributed by atoms with Crippen LogP contribution in [-0.2, 0) is 33.3 Å². The van der Waals surface area contributed by atoms with Crippen LogP contribution in [0.15, 0.2) is 97.2 Å². The number of likely N-dealkylation sites (N-methyl/N-ethyl adjacent to an activating group) is 1. The number of unbranched alkanes of at least 4 members (excludes halogenated alkanes) is 35. The molecular weight excluding hydrogens is 1070 g/mol. The highest BCUT2D eigenvalue weighted by molar-refractivity contribution is 5.70. The van der Waals surface area contributed by atoms with E-state index in [1.807, 2.05) is 21.1 Å². The van der Waals surface area contributed by atoms with E-state index >= 15 is 0 Å². The molecule has 0 fully saturated rings. The summed E-state index contributed by atoms with van der Waals surface area (Å²) in [5.41, 5.74) is 0. The summed E-state index contributed by atoms with van der Waals surface area (Å²) < 4.78 is 22.7. The minimum atomic E-state index is -1.64. The molecule has 0 amide bonds. The second kappa shape index (κ2) is 67.1. The molecule has 0 saturated carbocycles. The van der Waals surface area contributed by atoms with Crippen molar-refractivity contribution in [2.75, 3.05) is 47.5 Å². The number of carboxylic acids is 1. The Labute approximate surface area is 531 Å². The van der Waals surface area contributed by atoms with E-state index in [0.29, 0.717) is 17.4 Å². The molecule has 0 spiro atoms. The third-order valence-corrected chi connectivity index (χ3v) is 15.6. The Balaban J connectivity index is 4.13. The van der Waals surface area contributed by atoms with E-state index in [1.54, 1.807) is 0 Å². The Bertz CT molecular complexity index is 1730. The smallest absolute Gasteiger partial charge is 0.306 e. The Morgan fingerprint density at radius 1 is 0.360 bits per heavy atom. The molecule has 0 aliphatic carbocycles. The first-order chi connectivity index (χ1) is 42.1. The first-order valence-corrected chi connectivity index (χ1v) is 35.9. The molecule has 2 atom stereocenters. The van der Waals surface area contributed by atoms with Gasteiger partial charge in [-0.05, 0) is 77.0 Å². The maximum atomic E-state index is 12.9. The highest BCUT2D eigenvalue weighted by Crippen LogP contribution is 2.18. The lowest BCUT2D eigenvalue weighted by Gasteiger charge is -2.26. The SMILES string of the molecule is CC/C=C\C/C=C\C/C=C\C/C=C\C/C=C\C/C=C\C/C=C\C/C=C\CCCCC(=O)OC(COC(=O)CCCCCCCCCCCCCCCCCCCCCCCCCCCCCCCCCCCC)COC(OCC[N+](C)(C)C)C(=O)[O-]. The Morgan fingerprint density at radius 3 is 0.988 bits per heavy atom. The predicted molar refractivity (Wildman–Crippen MR) is 366 cm³/mol. The van der Waals surface area contributed by atoms with Crippen molar-refractivity contribution >= 4 is 17.9 Å². The van der Waals surface area contributed by atoms with Crippen LogP contribution < -0.4 is 5.11 Å². The molecule has 0 N–H and O–H groups in total. The fraction of sp³-hybridized carbons (Fsp3) is 0.753. The number of hydrogen-bond acceptors (Lipinski definition) is 8. The van der Waals surface area contributed by atoms with Gasteiger partial charge in [0.25, 0.3) is 0 Å². The number of esters is 2. The molecular formula is C77H135NO8. The van der Waals surface area contributed by atoms with E-state index in [4.69, 9.17) is 18.9 Å². The minimum absolute atomic E-state index is 0.135. The zero-order valence-electron chi connectivity index (χ0n) is 56.7. The van der Waals surface area contributed by atoms with Crippen LogP contribution in [0.4, 0.5) is 0 Å². The molecule has 0 aromatic rings. The standard InChI is InChI=1S/C77H135NO8/c1-6-8-10-12-14-16-18-20-22-24-26-28-30-32-34-35-36-37-38-39-40-42-43-45-47-49-51-53-55-57-59-61-63-65-67-74(79)84-71-73(72-85-77(76(81)82)83-70-69-78(3,4)5)86-75(80)68-66-64-62-60-58-56-54-52-50-48-46-44-41-33-31-29-27-25-23-21-19-17-15-13-11-9-7-2/h9,11,15,17,21,23,27,29,33,41,46,48,52,54,58,60,73,77H,6-8,10,12-14,16,18-20,22,24-26,28,30-32,34-40,42-45,47,49-51,53,55-57,59,61-72H2,1-5H3/b11-9-,17-15-,23-21-,29-27-,41-33-,48-46-,54-52-,60-58-. The third-order valence-electron chi connectivity index (χ3n) is 15.6. The monoisotopic (exact) mass is 1200 g/mol. The van der Waals surface area contributed by atoms with Crippen molar-refractivity contribution in [3.63, 3.8) is 0 Å². The molecule has 0 aliphatic rings. The van der Waals surface area contributed by atoms with Crippen molar-refractivity contribution in [3.8, 4) is 0 Å². The second-order valence-electron chi connectivity index (χ2n) is 25.2. The third kappa shape index (κ3) is 67.7. The summed E-state index contributed by atoms with van der Waals surface area (Å²) in [6, 6.07) is 0. The molecule has 0 saturated heterocycles. The van der Waals surface area contributed by atoms with Crippen LogP contribution in [0.1, 0.15) is 316 Å². The minimum Gasteiger partial charge on any atom is -0.545 e. The summed E-state index contributed by atoms with van der Waals surface area (Å²) in [6.07, 6.45) is 89.4. The number of aliphatic carboxylic acids is 1. The first-order valence-electron chi connectivity index (χ1n) is 35.9. The van der Waals surface area contributed by atoms with Crippen molar-refractivity contribution in [1.29, 1.82) is 0 Å². The van der Waals surface area contributed by atoms with Gasteiger partial charge in [0, 0.05) is 12.8 Å². The van der Waals surface area contributed by atoms with Gasteiger partial charge in [0.15, 0.2) is 12.4 Å². The number of carbonyl (C=O) groups is 3. The van der Waals surface area contributed by atoms with Gasteiger partial charge < -0.3 is 33.3 Å². The van der Waals surface area contributed by atoms with Crippen molar-refractivity contribution < 1.29 is 42.9 Å². The Kier molecular flexibility index (Phi) is 64.2.